The van der Waals surface area contributed by atoms with Crippen LogP contribution >= 0.6 is 0 Å². The predicted octanol–water partition coefficient (Wildman–Crippen LogP) is 2.85. The lowest BCUT2D eigenvalue weighted by Crippen LogP contribution is -2.26. The molecule has 1 aromatic heterocycles. The molecule has 6 heteroatoms. The number of rotatable bonds is 5. The van der Waals surface area contributed by atoms with Crippen LogP contribution in [0.15, 0.2) is 48.5 Å². The maximum atomic E-state index is 5.51. The Bertz CT molecular complexity index is 954. The molecule has 2 aliphatic heterocycles. The van der Waals surface area contributed by atoms with Gasteiger partial charge in [-0.2, -0.15) is 0 Å². The number of ether oxygens (including phenoxy) is 2. The van der Waals surface area contributed by atoms with Crippen molar-refractivity contribution in [3.05, 3.63) is 71.3 Å². The molecule has 28 heavy (non-hydrogen) atoms. The van der Waals surface area contributed by atoms with Crippen LogP contribution in [0.2, 0.25) is 0 Å². The number of hydrogen-bond donors (Lipinski definition) is 0. The van der Waals surface area contributed by atoms with Crippen molar-refractivity contribution < 1.29 is 9.47 Å². The summed E-state index contributed by atoms with van der Waals surface area (Å²) in [6.45, 7) is 4.16. The topological polar surface area (TPSA) is 52.4 Å². The summed E-state index contributed by atoms with van der Waals surface area (Å²) < 4.78 is 13.2. The molecule has 0 N–H and O–H groups in total. The third kappa shape index (κ3) is 3.60. The molecule has 0 saturated carbocycles. The van der Waals surface area contributed by atoms with Crippen molar-refractivity contribution in [1.82, 2.24) is 19.7 Å². The Balaban J connectivity index is 1.23. The van der Waals surface area contributed by atoms with Gasteiger partial charge in [0, 0.05) is 39.0 Å². The molecule has 5 rings (SSSR count). The summed E-state index contributed by atoms with van der Waals surface area (Å²) in [6.07, 6.45) is 2.86. The SMILES string of the molecule is c1ccc(CCc2nnc3n2CCN(Cc2ccc4c(c2)OCO4)CC3)cc1. The van der Waals surface area contributed by atoms with Crippen molar-refractivity contribution in [2.45, 2.75) is 32.4 Å². The molecule has 0 bridgehead atoms. The highest BCUT2D eigenvalue weighted by molar-refractivity contribution is 5.44. The fraction of sp³-hybridized carbons (Fsp3) is 0.364. The summed E-state index contributed by atoms with van der Waals surface area (Å²) in [7, 11) is 0. The van der Waals surface area contributed by atoms with Crippen molar-refractivity contribution in [1.29, 1.82) is 0 Å². The molecular weight excluding hydrogens is 352 g/mol. The van der Waals surface area contributed by atoms with Gasteiger partial charge in [0.25, 0.3) is 0 Å². The Kier molecular flexibility index (Phi) is 4.71. The minimum Gasteiger partial charge on any atom is -0.454 e. The van der Waals surface area contributed by atoms with E-state index in [9.17, 15) is 0 Å². The lowest BCUT2D eigenvalue weighted by Gasteiger charge is -2.19. The predicted molar refractivity (Wildman–Crippen MR) is 105 cm³/mol. The van der Waals surface area contributed by atoms with Crippen molar-refractivity contribution in [2.24, 2.45) is 0 Å². The molecule has 0 unspecified atom stereocenters. The average molecular weight is 376 g/mol. The van der Waals surface area contributed by atoms with Crippen LogP contribution in [0.1, 0.15) is 22.8 Å². The summed E-state index contributed by atoms with van der Waals surface area (Å²) in [5, 5.41) is 8.93. The highest BCUT2D eigenvalue weighted by atomic mass is 16.7. The maximum Gasteiger partial charge on any atom is 0.231 e. The molecule has 0 spiro atoms. The molecule has 3 heterocycles. The van der Waals surface area contributed by atoms with Crippen LogP contribution < -0.4 is 9.47 Å². The summed E-state index contributed by atoms with van der Waals surface area (Å²) >= 11 is 0. The smallest absolute Gasteiger partial charge is 0.231 e. The van der Waals surface area contributed by atoms with Gasteiger partial charge in [0.05, 0.1) is 0 Å². The maximum absolute atomic E-state index is 5.51. The Labute approximate surface area is 164 Å². The minimum absolute atomic E-state index is 0.322. The van der Waals surface area contributed by atoms with Gasteiger partial charge < -0.3 is 14.0 Å². The number of aromatic nitrogens is 3. The summed E-state index contributed by atoms with van der Waals surface area (Å²) in [5.74, 6) is 3.90. The number of hydrogen-bond acceptors (Lipinski definition) is 5. The molecule has 2 aromatic carbocycles. The summed E-state index contributed by atoms with van der Waals surface area (Å²) in [6, 6.07) is 16.8. The van der Waals surface area contributed by atoms with Crippen LogP contribution in [0, 0.1) is 0 Å². The first kappa shape index (κ1) is 17.3. The fourth-order valence-electron chi connectivity index (χ4n) is 3.97. The Morgan fingerprint density at radius 1 is 0.821 bits per heavy atom. The normalized spacial score (nSPS) is 16.0. The first-order valence-electron chi connectivity index (χ1n) is 9.91. The van der Waals surface area contributed by atoms with Gasteiger partial charge in [-0.25, -0.2) is 0 Å². The van der Waals surface area contributed by atoms with E-state index in [1.807, 2.05) is 6.07 Å². The molecule has 0 fully saturated rings. The zero-order valence-corrected chi connectivity index (χ0v) is 15.9. The molecule has 2 aliphatic rings. The van der Waals surface area contributed by atoms with Gasteiger partial charge in [0.15, 0.2) is 11.5 Å². The van der Waals surface area contributed by atoms with E-state index in [1.54, 1.807) is 0 Å². The number of benzene rings is 2. The van der Waals surface area contributed by atoms with Gasteiger partial charge in [-0.15, -0.1) is 10.2 Å². The fourth-order valence-corrected chi connectivity index (χ4v) is 3.97. The van der Waals surface area contributed by atoms with Gasteiger partial charge in [0.2, 0.25) is 6.79 Å². The van der Waals surface area contributed by atoms with Crippen molar-refractivity contribution in [3.8, 4) is 11.5 Å². The molecule has 0 amide bonds. The Hall–Kier alpha value is -2.86. The first-order chi connectivity index (χ1) is 13.8. The van der Waals surface area contributed by atoms with Gasteiger partial charge in [-0.1, -0.05) is 36.4 Å². The molecule has 144 valence electrons. The quantitative estimate of drug-likeness (QED) is 0.685. The van der Waals surface area contributed by atoms with Crippen molar-refractivity contribution in [2.75, 3.05) is 19.9 Å². The van der Waals surface area contributed by atoms with Crippen LogP contribution in [-0.2, 0) is 32.4 Å². The zero-order valence-electron chi connectivity index (χ0n) is 15.9. The second kappa shape index (κ2) is 7.64. The third-order valence-corrected chi connectivity index (χ3v) is 5.52. The van der Waals surface area contributed by atoms with Gasteiger partial charge >= 0.3 is 0 Å². The van der Waals surface area contributed by atoms with Crippen LogP contribution in [0.4, 0.5) is 0 Å². The largest absolute Gasteiger partial charge is 0.454 e. The Morgan fingerprint density at radius 3 is 2.64 bits per heavy atom. The minimum atomic E-state index is 0.322. The monoisotopic (exact) mass is 376 g/mol. The van der Waals surface area contributed by atoms with E-state index >= 15 is 0 Å². The van der Waals surface area contributed by atoms with E-state index in [-0.39, 0.29) is 0 Å². The molecule has 0 atom stereocenters. The highest BCUT2D eigenvalue weighted by Gasteiger charge is 2.20. The van der Waals surface area contributed by atoms with E-state index < -0.39 is 0 Å². The van der Waals surface area contributed by atoms with Crippen LogP contribution in [0.25, 0.3) is 0 Å². The van der Waals surface area contributed by atoms with E-state index in [0.29, 0.717) is 6.79 Å². The second-order valence-corrected chi connectivity index (χ2v) is 7.38. The molecule has 0 saturated heterocycles. The van der Waals surface area contributed by atoms with Crippen molar-refractivity contribution >= 4 is 0 Å². The van der Waals surface area contributed by atoms with Crippen LogP contribution in [-0.4, -0.2) is 39.5 Å². The summed E-state index contributed by atoms with van der Waals surface area (Å²) in [5.41, 5.74) is 2.60. The summed E-state index contributed by atoms with van der Waals surface area (Å²) in [4.78, 5) is 2.48. The second-order valence-electron chi connectivity index (χ2n) is 7.38. The van der Waals surface area contributed by atoms with E-state index in [0.717, 1.165) is 68.6 Å². The average Bonchev–Trinajstić information content (AvgIpc) is 3.30. The number of aryl methyl sites for hydroxylation is 2. The Morgan fingerprint density at radius 2 is 1.71 bits per heavy atom. The molecule has 3 aromatic rings. The van der Waals surface area contributed by atoms with E-state index in [4.69, 9.17) is 9.47 Å². The lowest BCUT2D eigenvalue weighted by atomic mass is 10.1. The first-order valence-corrected chi connectivity index (χ1v) is 9.91. The lowest BCUT2D eigenvalue weighted by molar-refractivity contribution is 0.174. The standard InChI is InChI=1S/C22H24N4O2/c1-2-4-17(5-3-1)7-9-21-23-24-22-10-11-25(12-13-26(21)22)15-18-6-8-19-20(14-18)28-16-27-19/h1-6,8,14H,7,9-13,15-16H2. The third-order valence-electron chi connectivity index (χ3n) is 5.52. The van der Waals surface area contributed by atoms with E-state index in [1.165, 1.54) is 11.1 Å². The van der Waals surface area contributed by atoms with Crippen LogP contribution in [0.3, 0.4) is 0 Å². The van der Waals surface area contributed by atoms with Gasteiger partial charge in [0.1, 0.15) is 11.6 Å². The molecule has 0 aliphatic carbocycles. The number of nitrogens with zero attached hydrogens (tertiary/aromatic N) is 4. The van der Waals surface area contributed by atoms with Crippen molar-refractivity contribution in [3.63, 3.8) is 0 Å². The van der Waals surface area contributed by atoms with E-state index in [2.05, 4.69) is 62.1 Å². The molecule has 6 nitrogen and oxygen atoms in total. The van der Waals surface area contributed by atoms with Gasteiger partial charge in [-0.3, -0.25) is 4.90 Å². The van der Waals surface area contributed by atoms with Gasteiger partial charge in [-0.05, 0) is 29.7 Å². The van der Waals surface area contributed by atoms with Crippen LogP contribution in [0.5, 0.6) is 11.5 Å². The highest BCUT2D eigenvalue weighted by Crippen LogP contribution is 2.32. The molecular formula is C22H24N4O2. The zero-order chi connectivity index (χ0) is 18.8. The number of fused-ring (bicyclic) bond motifs is 2. The molecule has 0 radical (unpaired) electrons.